The molecule has 0 radical (unpaired) electrons. The quantitative estimate of drug-likeness (QED) is 0.563. The van der Waals surface area contributed by atoms with Crippen LogP contribution in [0.2, 0.25) is 0 Å². The van der Waals surface area contributed by atoms with Crippen LogP contribution >= 0.6 is 0 Å². The number of carbonyl (C=O) groups is 1. The first-order chi connectivity index (χ1) is 12.3. The highest BCUT2D eigenvalue weighted by Crippen LogP contribution is 2.28. The van der Waals surface area contributed by atoms with Gasteiger partial charge >= 0.3 is 12.1 Å². The molecule has 0 aromatic heterocycles. The molecule has 0 unspecified atom stereocenters. The molecule has 1 aliphatic carbocycles. The first kappa shape index (κ1) is 21.4. The van der Waals surface area contributed by atoms with E-state index in [0.717, 1.165) is 25.7 Å². The van der Waals surface area contributed by atoms with Crippen molar-refractivity contribution in [1.29, 1.82) is 0 Å². The molecule has 0 bridgehead atoms. The Hall–Kier alpha value is -0.860. The predicted octanol–water partition coefficient (Wildman–Crippen LogP) is 3.48. The molecule has 5 nitrogen and oxygen atoms in total. The molecule has 2 N–H and O–H groups in total. The minimum absolute atomic E-state index is 0.0529. The fourth-order valence-electron chi connectivity index (χ4n) is 3.61. The molecule has 1 aliphatic heterocycles. The number of esters is 1. The monoisotopic (exact) mass is 381 g/mol. The van der Waals surface area contributed by atoms with Gasteiger partial charge in [-0.3, -0.25) is 4.79 Å². The van der Waals surface area contributed by atoms with Gasteiger partial charge in [0.05, 0.1) is 12.2 Å². The Bertz CT molecular complexity index is 441. The highest BCUT2D eigenvalue weighted by molar-refractivity contribution is 5.75. The highest BCUT2D eigenvalue weighted by atomic mass is 19.4. The zero-order chi connectivity index (χ0) is 19.2. The van der Waals surface area contributed by atoms with Gasteiger partial charge in [0.15, 0.2) is 0 Å². The lowest BCUT2D eigenvalue weighted by Crippen LogP contribution is -2.44. The van der Waals surface area contributed by atoms with Crippen molar-refractivity contribution in [3.05, 3.63) is 0 Å². The summed E-state index contributed by atoms with van der Waals surface area (Å²) in [6.45, 7) is 1.64. The summed E-state index contributed by atoms with van der Waals surface area (Å²) in [4.78, 5) is 12.0. The third kappa shape index (κ3) is 7.04. The first-order valence-electron chi connectivity index (χ1n) is 9.56. The lowest BCUT2D eigenvalue weighted by molar-refractivity contribution is -0.174. The highest BCUT2D eigenvalue weighted by Gasteiger charge is 2.36. The van der Waals surface area contributed by atoms with Gasteiger partial charge in [0.2, 0.25) is 0 Å². The summed E-state index contributed by atoms with van der Waals surface area (Å²) in [5.74, 6) is -0.497. The fourth-order valence-corrected chi connectivity index (χ4v) is 3.61. The predicted molar refractivity (Wildman–Crippen MR) is 89.5 cm³/mol. The van der Waals surface area contributed by atoms with Gasteiger partial charge in [-0.2, -0.15) is 13.2 Å². The maximum atomic E-state index is 12.3. The van der Waals surface area contributed by atoms with Crippen molar-refractivity contribution in [2.45, 2.75) is 101 Å². The number of hydrogen-bond acceptors (Lipinski definition) is 5. The molecule has 0 aromatic carbocycles. The smallest absolute Gasteiger partial charge is 0.389 e. The van der Waals surface area contributed by atoms with E-state index in [1.807, 2.05) is 0 Å². The molecule has 0 amide bonds. The minimum Gasteiger partial charge on any atom is -0.459 e. The Balaban J connectivity index is 2.00. The van der Waals surface area contributed by atoms with Crippen molar-refractivity contribution < 1.29 is 32.2 Å². The number of hydrogen-bond donors (Lipinski definition) is 1. The first-order valence-corrected chi connectivity index (χ1v) is 9.56. The number of carbonyl (C=O) groups excluding carboxylic acids is 1. The van der Waals surface area contributed by atoms with Crippen LogP contribution in [0, 0.1) is 0 Å². The number of nitrogens with two attached hydrogens (primary N) is 1. The Morgan fingerprint density at radius 2 is 1.85 bits per heavy atom. The van der Waals surface area contributed by atoms with Crippen molar-refractivity contribution in [2.75, 3.05) is 6.61 Å². The van der Waals surface area contributed by atoms with E-state index >= 15 is 0 Å². The van der Waals surface area contributed by atoms with Gasteiger partial charge in [-0.25, -0.2) is 0 Å². The molecular weight excluding hydrogens is 351 g/mol. The third-order valence-electron chi connectivity index (χ3n) is 5.02. The van der Waals surface area contributed by atoms with Gasteiger partial charge < -0.3 is 19.9 Å². The Morgan fingerprint density at radius 1 is 1.15 bits per heavy atom. The summed E-state index contributed by atoms with van der Waals surface area (Å²) in [6, 6.07) is -0.687. The summed E-state index contributed by atoms with van der Waals surface area (Å²) >= 11 is 0. The van der Waals surface area contributed by atoms with E-state index in [1.165, 1.54) is 0 Å². The van der Waals surface area contributed by atoms with Crippen molar-refractivity contribution >= 4 is 5.97 Å². The molecule has 2 rings (SSSR count). The zero-order valence-electron chi connectivity index (χ0n) is 15.3. The van der Waals surface area contributed by atoms with Gasteiger partial charge in [-0.1, -0.05) is 12.8 Å². The molecule has 0 aromatic rings. The van der Waals surface area contributed by atoms with Crippen LogP contribution in [-0.2, 0) is 19.0 Å². The van der Waals surface area contributed by atoms with Crippen molar-refractivity contribution in [1.82, 2.24) is 0 Å². The van der Waals surface area contributed by atoms with E-state index in [4.69, 9.17) is 19.9 Å². The maximum Gasteiger partial charge on any atom is 0.389 e. The van der Waals surface area contributed by atoms with Crippen molar-refractivity contribution in [3.63, 3.8) is 0 Å². The van der Waals surface area contributed by atoms with Crippen LogP contribution < -0.4 is 5.73 Å². The van der Waals surface area contributed by atoms with E-state index in [9.17, 15) is 18.0 Å². The van der Waals surface area contributed by atoms with E-state index in [0.29, 0.717) is 19.3 Å². The molecule has 1 heterocycles. The lowest BCUT2D eigenvalue weighted by atomic mass is 10.0. The average Bonchev–Trinajstić information content (AvgIpc) is 3.06. The summed E-state index contributed by atoms with van der Waals surface area (Å²) in [5.41, 5.74) is 5.82. The van der Waals surface area contributed by atoms with E-state index in [-0.39, 0.29) is 25.2 Å². The van der Waals surface area contributed by atoms with Crippen LogP contribution in [0.25, 0.3) is 0 Å². The standard InChI is InChI=1S/C18H30F3NO4/c1-12-16(24-11-5-10-18(19,20)21)15(26-13-6-2-3-7-13)9-4-8-14(22)17(23)25-12/h12-16H,2-11,22H2,1H3/t12-,14-,15-,16-/m0/s1. The molecule has 2 fully saturated rings. The molecule has 0 spiro atoms. The topological polar surface area (TPSA) is 70.8 Å². The van der Waals surface area contributed by atoms with Crippen LogP contribution in [0.1, 0.15) is 64.7 Å². The Labute approximate surface area is 152 Å². The van der Waals surface area contributed by atoms with Crippen LogP contribution in [0.3, 0.4) is 0 Å². The molecule has 1 saturated heterocycles. The largest absolute Gasteiger partial charge is 0.459 e. The van der Waals surface area contributed by atoms with Gasteiger partial charge in [0, 0.05) is 13.0 Å². The number of halogens is 3. The SMILES string of the molecule is C[C@@H]1OC(=O)[C@@H](N)CCC[C@H](OC2CCCC2)[C@H]1OCCCC(F)(F)F. The molecule has 26 heavy (non-hydrogen) atoms. The van der Waals surface area contributed by atoms with Crippen LogP contribution in [0.15, 0.2) is 0 Å². The fraction of sp³-hybridized carbons (Fsp3) is 0.944. The van der Waals surface area contributed by atoms with Gasteiger partial charge in [-0.15, -0.1) is 0 Å². The number of alkyl halides is 3. The van der Waals surface area contributed by atoms with Gasteiger partial charge in [0.1, 0.15) is 18.2 Å². The summed E-state index contributed by atoms with van der Waals surface area (Å²) < 4.78 is 54.4. The molecule has 2 aliphatic rings. The van der Waals surface area contributed by atoms with Gasteiger partial charge in [-0.05, 0) is 45.4 Å². The number of rotatable bonds is 6. The molecule has 1 saturated carbocycles. The van der Waals surface area contributed by atoms with E-state index < -0.39 is 36.8 Å². The summed E-state index contributed by atoms with van der Waals surface area (Å²) in [6.07, 6.45) is -0.591. The average molecular weight is 381 g/mol. The van der Waals surface area contributed by atoms with Crippen LogP contribution in [0.5, 0.6) is 0 Å². The van der Waals surface area contributed by atoms with Crippen molar-refractivity contribution in [2.24, 2.45) is 5.73 Å². The maximum absolute atomic E-state index is 12.3. The second-order valence-electron chi connectivity index (χ2n) is 7.31. The Morgan fingerprint density at radius 3 is 2.50 bits per heavy atom. The molecule has 4 atom stereocenters. The minimum atomic E-state index is -4.20. The van der Waals surface area contributed by atoms with Crippen LogP contribution in [0.4, 0.5) is 13.2 Å². The second-order valence-corrected chi connectivity index (χ2v) is 7.31. The van der Waals surface area contributed by atoms with E-state index in [1.54, 1.807) is 6.92 Å². The number of ether oxygens (including phenoxy) is 3. The molecular formula is C18H30F3NO4. The second kappa shape index (κ2) is 9.90. The number of cyclic esters (lactones) is 1. The molecule has 152 valence electrons. The summed E-state index contributed by atoms with van der Waals surface area (Å²) in [7, 11) is 0. The molecule has 8 heteroatoms. The Kier molecular flexibility index (Phi) is 8.16. The third-order valence-corrected chi connectivity index (χ3v) is 5.02. The van der Waals surface area contributed by atoms with Crippen molar-refractivity contribution in [3.8, 4) is 0 Å². The van der Waals surface area contributed by atoms with Gasteiger partial charge in [0.25, 0.3) is 0 Å². The normalized spacial score (nSPS) is 32.0. The summed E-state index contributed by atoms with van der Waals surface area (Å²) in [5, 5.41) is 0. The van der Waals surface area contributed by atoms with Crippen LogP contribution in [-0.4, -0.2) is 49.2 Å². The lowest BCUT2D eigenvalue weighted by Gasteiger charge is -2.33. The van der Waals surface area contributed by atoms with E-state index in [2.05, 4.69) is 0 Å². The zero-order valence-corrected chi connectivity index (χ0v) is 15.3.